The molecule has 4 rings (SSSR count). The molecule has 2 aromatic heterocycles. The van der Waals surface area contributed by atoms with E-state index in [1.54, 1.807) is 55.5 Å². The fraction of sp³-hybridized carbons (Fsp3) is 0.214. The molecule has 4 aromatic rings. The first-order chi connectivity index (χ1) is 19.4. The Balaban J connectivity index is 1.50. The van der Waals surface area contributed by atoms with E-state index < -0.39 is 6.36 Å². The molecule has 0 aliphatic carbocycles. The maximum Gasteiger partial charge on any atom is 0.238 e. The average molecular weight is 577 g/mol. The number of aromatic nitrogens is 2. The van der Waals surface area contributed by atoms with Crippen LogP contribution in [0.1, 0.15) is 30.2 Å². The van der Waals surface area contributed by atoms with Crippen LogP contribution in [0.2, 0.25) is 0 Å². The van der Waals surface area contributed by atoms with E-state index in [-0.39, 0.29) is 36.6 Å². The standard InChI is InChI=1S/C28H25FN6O3S2/c1-2-24(29)38-21-9-5-18(6-10-21)33-28-34-19(16-40-28)15-39-27-23(14-31)25(22(13-30)26(32)35-27)17-3-7-20(8-4-17)37-12-11-36/h3-10,16,24,36H,2,11-12,15H2,1H3,(H2,32,35)(H,33,34). The zero-order chi connectivity index (χ0) is 28.5. The first-order valence-electron chi connectivity index (χ1n) is 12.2. The number of benzene rings is 2. The Labute approximate surface area is 239 Å². The first kappa shape index (κ1) is 28.6. The molecule has 4 N–H and O–H groups in total. The quantitative estimate of drug-likeness (QED) is 0.171. The summed E-state index contributed by atoms with van der Waals surface area (Å²) < 4.78 is 24.0. The predicted molar refractivity (Wildman–Crippen MR) is 153 cm³/mol. The minimum absolute atomic E-state index is 0.0330. The number of nitrogens with zero attached hydrogens (tertiary/aromatic N) is 4. The zero-order valence-corrected chi connectivity index (χ0v) is 23.1. The van der Waals surface area contributed by atoms with Crippen LogP contribution < -0.4 is 20.5 Å². The molecule has 9 nitrogen and oxygen atoms in total. The molecular weight excluding hydrogens is 551 g/mol. The number of thioether (sulfide) groups is 1. The Morgan fingerprint density at radius 3 is 2.42 bits per heavy atom. The Hall–Kier alpha value is -4.36. The van der Waals surface area contributed by atoms with Gasteiger partial charge in [-0.25, -0.2) is 14.4 Å². The molecule has 0 saturated carbocycles. The molecule has 12 heteroatoms. The molecule has 0 saturated heterocycles. The topological polar surface area (TPSA) is 150 Å². The van der Waals surface area contributed by atoms with Gasteiger partial charge in [0.15, 0.2) is 5.13 Å². The van der Waals surface area contributed by atoms with Gasteiger partial charge in [-0.05, 0) is 42.0 Å². The summed E-state index contributed by atoms with van der Waals surface area (Å²) in [6, 6.07) is 18.1. The van der Waals surface area contributed by atoms with Gasteiger partial charge in [-0.2, -0.15) is 10.5 Å². The van der Waals surface area contributed by atoms with Gasteiger partial charge in [0.1, 0.15) is 46.7 Å². The van der Waals surface area contributed by atoms with E-state index in [0.29, 0.717) is 38.5 Å². The van der Waals surface area contributed by atoms with E-state index in [9.17, 15) is 14.9 Å². The third-order valence-corrected chi connectivity index (χ3v) is 7.33. The molecule has 0 fully saturated rings. The summed E-state index contributed by atoms with van der Waals surface area (Å²) in [7, 11) is 0. The van der Waals surface area contributed by atoms with Crippen molar-refractivity contribution < 1.29 is 19.0 Å². The van der Waals surface area contributed by atoms with Gasteiger partial charge in [0.25, 0.3) is 0 Å². The van der Waals surface area contributed by atoms with Crippen LogP contribution in [0.15, 0.2) is 58.9 Å². The number of ether oxygens (including phenoxy) is 2. The Morgan fingerprint density at radius 2 is 1.77 bits per heavy atom. The smallest absolute Gasteiger partial charge is 0.238 e. The van der Waals surface area contributed by atoms with Gasteiger partial charge in [-0.1, -0.05) is 30.8 Å². The predicted octanol–water partition coefficient (Wildman–Crippen LogP) is 6.02. The lowest BCUT2D eigenvalue weighted by Crippen LogP contribution is -2.07. The number of aliphatic hydroxyl groups excluding tert-OH is 1. The van der Waals surface area contributed by atoms with Crippen molar-refractivity contribution in [2.75, 3.05) is 24.3 Å². The fourth-order valence-electron chi connectivity index (χ4n) is 3.62. The Bertz CT molecular complexity index is 1530. The highest BCUT2D eigenvalue weighted by Gasteiger charge is 2.21. The number of thiazole rings is 1. The van der Waals surface area contributed by atoms with Crippen LogP contribution in [-0.2, 0) is 5.75 Å². The molecule has 2 heterocycles. The van der Waals surface area contributed by atoms with Crippen molar-refractivity contribution in [3.63, 3.8) is 0 Å². The lowest BCUT2D eigenvalue weighted by Gasteiger charge is -2.13. The van der Waals surface area contributed by atoms with E-state index in [1.807, 2.05) is 5.38 Å². The van der Waals surface area contributed by atoms with Crippen molar-refractivity contribution in [1.29, 1.82) is 10.5 Å². The van der Waals surface area contributed by atoms with Gasteiger partial charge in [0.05, 0.1) is 17.9 Å². The van der Waals surface area contributed by atoms with E-state index in [0.717, 1.165) is 11.4 Å². The number of hydrogen-bond donors (Lipinski definition) is 3. The number of pyridine rings is 1. The highest BCUT2D eigenvalue weighted by atomic mass is 32.2. The minimum atomic E-state index is -1.34. The molecule has 0 radical (unpaired) electrons. The molecule has 0 aliphatic heterocycles. The largest absolute Gasteiger partial charge is 0.491 e. The summed E-state index contributed by atoms with van der Waals surface area (Å²) in [5.74, 6) is 1.45. The minimum Gasteiger partial charge on any atom is -0.491 e. The molecule has 2 aromatic carbocycles. The second kappa shape index (κ2) is 13.6. The van der Waals surface area contributed by atoms with Gasteiger partial charge < -0.3 is 25.6 Å². The first-order valence-corrected chi connectivity index (χ1v) is 14.0. The molecule has 0 bridgehead atoms. The normalized spacial score (nSPS) is 11.3. The van der Waals surface area contributed by atoms with Crippen LogP contribution in [0.5, 0.6) is 11.5 Å². The van der Waals surface area contributed by atoms with Crippen molar-refractivity contribution in [3.8, 4) is 34.8 Å². The molecular formula is C28H25FN6O3S2. The van der Waals surface area contributed by atoms with Gasteiger partial charge in [-0.15, -0.1) is 11.3 Å². The molecule has 0 aliphatic rings. The van der Waals surface area contributed by atoms with Crippen LogP contribution in [0.4, 0.5) is 21.0 Å². The SMILES string of the molecule is CCC(F)Oc1ccc(Nc2nc(CSc3nc(N)c(C#N)c(-c4ccc(OCCO)cc4)c3C#N)cs2)cc1. The highest BCUT2D eigenvalue weighted by Crippen LogP contribution is 2.37. The lowest BCUT2D eigenvalue weighted by molar-refractivity contribution is 0.0642. The highest BCUT2D eigenvalue weighted by molar-refractivity contribution is 7.98. The van der Waals surface area contributed by atoms with Crippen LogP contribution in [0.3, 0.4) is 0 Å². The van der Waals surface area contributed by atoms with Crippen LogP contribution in [0.25, 0.3) is 11.1 Å². The number of nitriles is 2. The van der Waals surface area contributed by atoms with Crippen LogP contribution in [0, 0.1) is 22.7 Å². The summed E-state index contributed by atoms with van der Waals surface area (Å²) in [5, 5.41) is 34.9. The van der Waals surface area contributed by atoms with Crippen LogP contribution in [-0.4, -0.2) is 34.6 Å². The molecule has 204 valence electrons. The number of hydrogen-bond acceptors (Lipinski definition) is 11. The van der Waals surface area contributed by atoms with Crippen molar-refractivity contribution in [3.05, 3.63) is 70.7 Å². The number of rotatable bonds is 12. The molecule has 1 atom stereocenters. The van der Waals surface area contributed by atoms with Crippen LogP contribution >= 0.6 is 23.1 Å². The third-order valence-electron chi connectivity index (χ3n) is 5.52. The third kappa shape index (κ3) is 6.98. The summed E-state index contributed by atoms with van der Waals surface area (Å²) in [5.41, 5.74) is 9.06. The van der Waals surface area contributed by atoms with Crippen molar-refractivity contribution in [1.82, 2.24) is 9.97 Å². The molecule has 1 unspecified atom stereocenters. The monoisotopic (exact) mass is 576 g/mol. The molecule has 0 amide bonds. The summed E-state index contributed by atoms with van der Waals surface area (Å²) in [6.07, 6.45) is -1.06. The fourth-order valence-corrected chi connectivity index (χ4v) is 5.34. The van der Waals surface area contributed by atoms with Crippen molar-refractivity contribution >= 4 is 39.7 Å². The summed E-state index contributed by atoms with van der Waals surface area (Å²) in [4.78, 5) is 8.95. The summed E-state index contributed by atoms with van der Waals surface area (Å²) in [6.45, 7) is 1.76. The maximum absolute atomic E-state index is 13.4. The van der Waals surface area contributed by atoms with Gasteiger partial charge in [-0.3, -0.25) is 0 Å². The molecule has 40 heavy (non-hydrogen) atoms. The number of aliphatic hydroxyl groups is 1. The van der Waals surface area contributed by atoms with Gasteiger partial charge in [0.2, 0.25) is 6.36 Å². The Kier molecular flexibility index (Phi) is 9.76. The number of nitrogens with two attached hydrogens (primary N) is 1. The number of nitrogens with one attached hydrogen (secondary N) is 1. The van der Waals surface area contributed by atoms with Gasteiger partial charge in [0, 0.05) is 28.8 Å². The number of halogens is 1. The number of alkyl halides is 1. The number of nitrogen functional groups attached to an aromatic ring is 1. The van der Waals surface area contributed by atoms with E-state index >= 15 is 0 Å². The lowest BCUT2D eigenvalue weighted by atomic mass is 9.97. The van der Waals surface area contributed by atoms with Gasteiger partial charge >= 0.3 is 0 Å². The average Bonchev–Trinajstić information content (AvgIpc) is 3.42. The zero-order valence-electron chi connectivity index (χ0n) is 21.4. The van der Waals surface area contributed by atoms with E-state index in [1.165, 1.54) is 23.1 Å². The second-order valence-electron chi connectivity index (χ2n) is 8.27. The van der Waals surface area contributed by atoms with Crippen molar-refractivity contribution in [2.45, 2.75) is 30.5 Å². The van der Waals surface area contributed by atoms with Crippen molar-refractivity contribution in [2.24, 2.45) is 0 Å². The second-order valence-corrected chi connectivity index (χ2v) is 10.1. The number of anilines is 3. The van der Waals surface area contributed by atoms with E-state index in [2.05, 4.69) is 27.4 Å². The Morgan fingerprint density at radius 1 is 1.07 bits per heavy atom. The maximum atomic E-state index is 13.4. The molecule has 0 spiro atoms. The summed E-state index contributed by atoms with van der Waals surface area (Å²) >= 11 is 2.72. The van der Waals surface area contributed by atoms with E-state index in [4.69, 9.17) is 20.3 Å².